The van der Waals surface area contributed by atoms with Gasteiger partial charge in [0.2, 0.25) is 0 Å². The number of hydrogen-bond acceptors (Lipinski definition) is 4. The lowest BCUT2D eigenvalue weighted by Crippen LogP contribution is -2.31. The van der Waals surface area contributed by atoms with Gasteiger partial charge in [0, 0.05) is 19.0 Å². The van der Waals surface area contributed by atoms with Crippen molar-refractivity contribution >= 4 is 0 Å². The number of nitriles is 1. The quantitative estimate of drug-likeness (QED) is 0.666. The second kappa shape index (κ2) is 10.1. The third kappa shape index (κ3) is 5.95. The van der Waals surface area contributed by atoms with Crippen molar-refractivity contribution in [3.05, 3.63) is 23.8 Å². The highest BCUT2D eigenvalue weighted by Gasteiger charge is 2.10. The van der Waals surface area contributed by atoms with E-state index < -0.39 is 0 Å². The lowest BCUT2D eigenvalue weighted by molar-refractivity contribution is 0.290. The number of methoxy groups -OCH3 is 1. The van der Waals surface area contributed by atoms with E-state index >= 15 is 0 Å². The van der Waals surface area contributed by atoms with Gasteiger partial charge in [0.15, 0.2) is 11.5 Å². The summed E-state index contributed by atoms with van der Waals surface area (Å²) in [6.07, 6.45) is 2.41. The van der Waals surface area contributed by atoms with Crippen LogP contribution < -0.4 is 14.8 Å². The van der Waals surface area contributed by atoms with Gasteiger partial charge in [-0.15, -0.1) is 0 Å². The summed E-state index contributed by atoms with van der Waals surface area (Å²) in [6.45, 7) is 8.03. The van der Waals surface area contributed by atoms with Crippen LogP contribution >= 0.6 is 0 Å². The van der Waals surface area contributed by atoms with E-state index in [1.807, 2.05) is 12.1 Å². The molecule has 0 aromatic heterocycles. The summed E-state index contributed by atoms with van der Waals surface area (Å²) in [5, 5.41) is 12.1. The minimum absolute atomic E-state index is 0.479. The first-order chi connectivity index (χ1) is 10.6. The smallest absolute Gasteiger partial charge is 0.161 e. The predicted octanol–water partition coefficient (Wildman–Crippen LogP) is 3.90. The molecule has 22 heavy (non-hydrogen) atoms. The molecule has 0 heterocycles. The molecule has 122 valence electrons. The van der Waals surface area contributed by atoms with Gasteiger partial charge in [0.05, 0.1) is 19.8 Å². The largest absolute Gasteiger partial charge is 0.493 e. The SMILES string of the molecule is CCC(C)C(C)NCc1ccc(OC)c(OCCCC#N)c1. The van der Waals surface area contributed by atoms with Crippen LogP contribution in [0, 0.1) is 17.2 Å². The monoisotopic (exact) mass is 304 g/mol. The Bertz CT molecular complexity index is 482. The number of benzene rings is 1. The Balaban J connectivity index is 2.63. The van der Waals surface area contributed by atoms with Crippen LogP contribution in [0.3, 0.4) is 0 Å². The molecule has 4 nitrogen and oxygen atoms in total. The average molecular weight is 304 g/mol. The molecule has 1 N–H and O–H groups in total. The summed E-state index contributed by atoms with van der Waals surface area (Å²) >= 11 is 0. The molecule has 0 bridgehead atoms. The van der Waals surface area contributed by atoms with Crippen LogP contribution in [0.5, 0.6) is 11.5 Å². The van der Waals surface area contributed by atoms with Crippen LogP contribution in [0.2, 0.25) is 0 Å². The number of unbranched alkanes of at least 4 members (excludes halogenated alkanes) is 1. The molecule has 0 fully saturated rings. The Labute approximate surface area is 134 Å². The van der Waals surface area contributed by atoms with E-state index in [1.54, 1.807) is 7.11 Å². The molecule has 0 saturated heterocycles. The number of nitrogens with one attached hydrogen (secondary N) is 1. The molecule has 0 radical (unpaired) electrons. The van der Waals surface area contributed by atoms with Crippen molar-refractivity contribution in [2.45, 2.75) is 52.6 Å². The molecule has 0 aliphatic heterocycles. The van der Waals surface area contributed by atoms with E-state index in [4.69, 9.17) is 14.7 Å². The molecule has 4 heteroatoms. The fourth-order valence-corrected chi connectivity index (χ4v) is 2.11. The average Bonchev–Trinajstić information content (AvgIpc) is 2.55. The summed E-state index contributed by atoms with van der Waals surface area (Å²) in [6, 6.07) is 8.60. The molecule has 0 aliphatic rings. The van der Waals surface area contributed by atoms with Crippen molar-refractivity contribution in [3.8, 4) is 17.6 Å². The van der Waals surface area contributed by atoms with E-state index in [9.17, 15) is 0 Å². The van der Waals surface area contributed by atoms with E-state index in [-0.39, 0.29) is 0 Å². The van der Waals surface area contributed by atoms with E-state index in [0.29, 0.717) is 25.0 Å². The molecular formula is C18H28N2O2. The van der Waals surface area contributed by atoms with Gasteiger partial charge in [-0.1, -0.05) is 26.3 Å². The third-order valence-electron chi connectivity index (χ3n) is 4.04. The Morgan fingerprint density at radius 1 is 1.27 bits per heavy atom. The minimum atomic E-state index is 0.479. The maximum absolute atomic E-state index is 8.56. The van der Waals surface area contributed by atoms with Gasteiger partial charge in [-0.2, -0.15) is 5.26 Å². The van der Waals surface area contributed by atoms with Crippen LogP contribution in [0.15, 0.2) is 18.2 Å². The van der Waals surface area contributed by atoms with E-state index in [0.717, 1.165) is 24.5 Å². The molecule has 2 atom stereocenters. The lowest BCUT2D eigenvalue weighted by atomic mass is 10.0. The van der Waals surface area contributed by atoms with Gasteiger partial charge in [0.25, 0.3) is 0 Å². The number of rotatable bonds is 10. The highest BCUT2D eigenvalue weighted by atomic mass is 16.5. The zero-order valence-electron chi connectivity index (χ0n) is 14.2. The fourth-order valence-electron chi connectivity index (χ4n) is 2.11. The molecular weight excluding hydrogens is 276 g/mol. The molecule has 0 amide bonds. The van der Waals surface area contributed by atoms with Crippen molar-refractivity contribution in [3.63, 3.8) is 0 Å². The van der Waals surface area contributed by atoms with Crippen LogP contribution in [0.25, 0.3) is 0 Å². The molecule has 1 rings (SSSR count). The van der Waals surface area contributed by atoms with Gasteiger partial charge >= 0.3 is 0 Å². The normalized spacial score (nSPS) is 13.2. The Hall–Kier alpha value is -1.73. The zero-order chi connectivity index (χ0) is 16.4. The molecule has 0 aliphatic carbocycles. The Kier molecular flexibility index (Phi) is 8.39. The summed E-state index contributed by atoms with van der Waals surface area (Å²) in [7, 11) is 1.64. The first-order valence-electron chi connectivity index (χ1n) is 8.02. The zero-order valence-corrected chi connectivity index (χ0v) is 14.2. The Morgan fingerprint density at radius 3 is 2.68 bits per heavy atom. The summed E-state index contributed by atoms with van der Waals surface area (Å²) in [5.41, 5.74) is 1.17. The third-order valence-corrected chi connectivity index (χ3v) is 4.04. The van der Waals surface area contributed by atoms with E-state index in [1.165, 1.54) is 12.0 Å². The summed E-state index contributed by atoms with van der Waals surface area (Å²) in [4.78, 5) is 0. The maximum Gasteiger partial charge on any atom is 0.161 e. The van der Waals surface area contributed by atoms with Gasteiger partial charge in [0.1, 0.15) is 0 Å². The molecule has 0 saturated carbocycles. The standard InChI is InChI=1S/C18H28N2O2/c1-5-14(2)15(3)20-13-16-8-9-17(21-4)18(12-16)22-11-7-6-10-19/h8-9,12,14-15,20H,5-7,11,13H2,1-4H3. The van der Waals surface area contributed by atoms with Gasteiger partial charge in [-0.05, 0) is 37.0 Å². The number of hydrogen-bond donors (Lipinski definition) is 1. The second-order valence-corrected chi connectivity index (χ2v) is 5.65. The van der Waals surface area contributed by atoms with Gasteiger partial charge < -0.3 is 14.8 Å². The van der Waals surface area contributed by atoms with Crippen LogP contribution in [0.4, 0.5) is 0 Å². The van der Waals surface area contributed by atoms with Crippen LogP contribution in [0.1, 0.15) is 45.6 Å². The highest BCUT2D eigenvalue weighted by molar-refractivity contribution is 5.43. The van der Waals surface area contributed by atoms with Crippen LogP contribution in [-0.2, 0) is 6.54 Å². The fraction of sp³-hybridized carbons (Fsp3) is 0.611. The number of ether oxygens (including phenoxy) is 2. The summed E-state index contributed by atoms with van der Waals surface area (Å²) in [5.74, 6) is 2.13. The first kappa shape index (κ1) is 18.3. The molecule has 2 unspecified atom stereocenters. The van der Waals surface area contributed by atoms with Crippen molar-refractivity contribution in [1.29, 1.82) is 5.26 Å². The molecule has 1 aromatic carbocycles. The molecule has 0 spiro atoms. The van der Waals surface area contributed by atoms with Crippen molar-refractivity contribution < 1.29 is 9.47 Å². The lowest BCUT2D eigenvalue weighted by Gasteiger charge is -2.20. The maximum atomic E-state index is 8.56. The van der Waals surface area contributed by atoms with Gasteiger partial charge in [-0.25, -0.2) is 0 Å². The van der Waals surface area contributed by atoms with E-state index in [2.05, 4.69) is 38.2 Å². The van der Waals surface area contributed by atoms with Crippen molar-refractivity contribution in [2.75, 3.05) is 13.7 Å². The highest BCUT2D eigenvalue weighted by Crippen LogP contribution is 2.28. The van der Waals surface area contributed by atoms with Crippen LogP contribution in [-0.4, -0.2) is 19.8 Å². The second-order valence-electron chi connectivity index (χ2n) is 5.65. The minimum Gasteiger partial charge on any atom is -0.493 e. The number of nitrogens with zero attached hydrogens (tertiary/aromatic N) is 1. The Morgan fingerprint density at radius 2 is 2.05 bits per heavy atom. The topological polar surface area (TPSA) is 54.3 Å². The molecule has 1 aromatic rings. The predicted molar refractivity (Wildman–Crippen MR) is 89.1 cm³/mol. The summed E-state index contributed by atoms with van der Waals surface area (Å²) < 4.78 is 11.1. The van der Waals surface area contributed by atoms with Crippen molar-refractivity contribution in [2.24, 2.45) is 5.92 Å². The van der Waals surface area contributed by atoms with Gasteiger partial charge in [-0.3, -0.25) is 0 Å². The van der Waals surface area contributed by atoms with Crippen molar-refractivity contribution in [1.82, 2.24) is 5.32 Å². The first-order valence-corrected chi connectivity index (χ1v) is 8.02.